The number of methoxy groups -OCH3 is 1. The summed E-state index contributed by atoms with van der Waals surface area (Å²) in [6, 6.07) is 0. The first kappa shape index (κ1) is 28.8. The summed E-state index contributed by atoms with van der Waals surface area (Å²) in [5.74, 6) is 0.108. The monoisotopic (exact) mass is 470 g/mol. The lowest BCUT2D eigenvalue weighted by Gasteiger charge is -2.49. The molecule has 0 saturated carbocycles. The molecule has 6 heteroatoms. The Morgan fingerprint density at radius 3 is 1.84 bits per heavy atom. The highest BCUT2D eigenvalue weighted by atomic mass is 32.2. The van der Waals surface area contributed by atoms with Crippen molar-refractivity contribution in [2.45, 2.75) is 106 Å². The summed E-state index contributed by atoms with van der Waals surface area (Å²) in [4.78, 5) is -0.535. The highest BCUT2D eigenvalue weighted by molar-refractivity contribution is 7.86. The fourth-order valence-electron chi connectivity index (χ4n) is 6.57. The van der Waals surface area contributed by atoms with Crippen molar-refractivity contribution in [3.63, 3.8) is 0 Å². The molecule has 0 aromatic heterocycles. The summed E-state index contributed by atoms with van der Waals surface area (Å²) in [5.41, 5.74) is 1.94. The van der Waals surface area contributed by atoms with E-state index in [0.717, 1.165) is 24.0 Å². The maximum Gasteiger partial charge on any atom is 0.301 e. The van der Waals surface area contributed by atoms with Crippen LogP contribution in [0, 0.1) is 29.1 Å². The molecule has 0 fully saturated rings. The Kier molecular flexibility index (Phi) is 8.57. The molecule has 0 saturated heterocycles. The van der Waals surface area contributed by atoms with Crippen molar-refractivity contribution < 1.29 is 22.8 Å². The van der Waals surface area contributed by atoms with Gasteiger partial charge in [0, 0.05) is 0 Å². The standard InChI is InChI=1S/C26H46O5S/c1-13-18-19(17(4)20(27)22(21(18)31-12)32(28,29)30)23(25(8,9)14-16(2)3)26(10,11)15-24(5,6)7/h16,23,27H,13-15H2,1-12H3,(H,28,29,30). The molecule has 0 bridgehead atoms. The molecule has 1 aromatic rings. The molecule has 1 unspecified atom stereocenters. The highest BCUT2D eigenvalue weighted by Gasteiger charge is 2.46. The Hall–Kier alpha value is -1.27. The maximum atomic E-state index is 12.2. The van der Waals surface area contributed by atoms with Gasteiger partial charge in [0.05, 0.1) is 7.11 Å². The van der Waals surface area contributed by atoms with Gasteiger partial charge in [-0.25, -0.2) is 0 Å². The maximum absolute atomic E-state index is 12.2. The van der Waals surface area contributed by atoms with Gasteiger partial charge in [-0.15, -0.1) is 0 Å². The van der Waals surface area contributed by atoms with Crippen LogP contribution >= 0.6 is 0 Å². The lowest BCUT2D eigenvalue weighted by atomic mass is 9.55. The van der Waals surface area contributed by atoms with E-state index in [9.17, 15) is 18.1 Å². The van der Waals surface area contributed by atoms with Gasteiger partial charge in [-0.05, 0) is 71.0 Å². The fourth-order valence-corrected chi connectivity index (χ4v) is 7.40. The third kappa shape index (κ3) is 6.19. The van der Waals surface area contributed by atoms with Gasteiger partial charge in [0.2, 0.25) is 0 Å². The van der Waals surface area contributed by atoms with Crippen LogP contribution < -0.4 is 4.74 Å². The van der Waals surface area contributed by atoms with Gasteiger partial charge in [0.1, 0.15) is 11.5 Å². The van der Waals surface area contributed by atoms with E-state index in [2.05, 4.69) is 62.3 Å². The molecule has 0 aliphatic carbocycles. The molecule has 5 nitrogen and oxygen atoms in total. The van der Waals surface area contributed by atoms with Gasteiger partial charge < -0.3 is 9.84 Å². The molecule has 0 amide bonds. The number of rotatable bonds is 9. The van der Waals surface area contributed by atoms with Crippen LogP contribution in [0.25, 0.3) is 0 Å². The number of hydrogen-bond acceptors (Lipinski definition) is 4. The van der Waals surface area contributed by atoms with Gasteiger partial charge >= 0.3 is 10.1 Å². The second-order valence-corrected chi connectivity index (χ2v) is 13.7. The van der Waals surface area contributed by atoms with Crippen molar-refractivity contribution in [3.05, 3.63) is 16.7 Å². The average molecular weight is 471 g/mol. The van der Waals surface area contributed by atoms with E-state index >= 15 is 0 Å². The molecule has 1 rings (SSSR count). The second kappa shape index (κ2) is 9.54. The highest BCUT2D eigenvalue weighted by Crippen LogP contribution is 2.58. The Bertz CT molecular complexity index is 919. The summed E-state index contributed by atoms with van der Waals surface area (Å²) in [6.45, 7) is 23.9. The number of aromatic hydroxyl groups is 1. The van der Waals surface area contributed by atoms with E-state index in [-0.39, 0.29) is 27.9 Å². The number of phenolic OH excluding ortho intramolecular Hbond substituents is 1. The lowest BCUT2D eigenvalue weighted by Crippen LogP contribution is -2.39. The molecule has 0 aliphatic heterocycles. The van der Waals surface area contributed by atoms with Gasteiger partial charge in [-0.2, -0.15) is 8.42 Å². The predicted molar refractivity (Wildman–Crippen MR) is 132 cm³/mol. The smallest absolute Gasteiger partial charge is 0.301 e. The van der Waals surface area contributed by atoms with E-state index in [0.29, 0.717) is 17.9 Å². The van der Waals surface area contributed by atoms with Crippen molar-refractivity contribution >= 4 is 10.1 Å². The quantitative estimate of drug-likeness (QED) is 0.375. The first-order valence-corrected chi connectivity index (χ1v) is 13.0. The minimum Gasteiger partial charge on any atom is -0.506 e. The molecule has 0 aliphatic rings. The number of phenols is 1. The zero-order valence-corrected chi connectivity index (χ0v) is 23.1. The van der Waals surface area contributed by atoms with Gasteiger partial charge in [0.25, 0.3) is 0 Å². The van der Waals surface area contributed by atoms with Crippen LogP contribution in [0.1, 0.15) is 105 Å². The van der Waals surface area contributed by atoms with Crippen LogP contribution in [0.15, 0.2) is 4.90 Å². The van der Waals surface area contributed by atoms with Gasteiger partial charge in [0.15, 0.2) is 4.90 Å². The first-order valence-electron chi connectivity index (χ1n) is 11.6. The third-order valence-electron chi connectivity index (χ3n) is 6.37. The zero-order chi connectivity index (χ0) is 25.4. The van der Waals surface area contributed by atoms with Crippen LogP contribution in [0.2, 0.25) is 0 Å². The summed E-state index contributed by atoms with van der Waals surface area (Å²) in [5, 5.41) is 11.0. The molecule has 0 spiro atoms. The van der Waals surface area contributed by atoms with E-state index < -0.39 is 20.8 Å². The Balaban J connectivity index is 4.18. The van der Waals surface area contributed by atoms with Crippen LogP contribution in [-0.2, 0) is 16.5 Å². The molecule has 0 radical (unpaired) electrons. The molecule has 32 heavy (non-hydrogen) atoms. The predicted octanol–water partition coefficient (Wildman–Crippen LogP) is 7.14. The van der Waals surface area contributed by atoms with Crippen molar-refractivity contribution in [1.29, 1.82) is 0 Å². The molecule has 2 N–H and O–H groups in total. The largest absolute Gasteiger partial charge is 0.506 e. The molecular formula is C26H46O5S. The molecule has 1 atom stereocenters. The Morgan fingerprint density at radius 2 is 1.50 bits per heavy atom. The van der Waals surface area contributed by atoms with Crippen LogP contribution in [-0.4, -0.2) is 25.2 Å². The number of benzene rings is 1. The lowest BCUT2D eigenvalue weighted by molar-refractivity contribution is 0.0777. The first-order chi connectivity index (χ1) is 14.2. The van der Waals surface area contributed by atoms with Gasteiger partial charge in [-0.1, -0.05) is 69.2 Å². The Labute approximate surface area is 196 Å². The second-order valence-electron chi connectivity index (χ2n) is 12.3. The molecular weight excluding hydrogens is 424 g/mol. The van der Waals surface area contributed by atoms with Crippen molar-refractivity contribution in [3.8, 4) is 11.5 Å². The van der Waals surface area contributed by atoms with Crippen molar-refractivity contribution in [1.82, 2.24) is 0 Å². The van der Waals surface area contributed by atoms with E-state index in [1.54, 1.807) is 6.92 Å². The van der Waals surface area contributed by atoms with E-state index in [1.165, 1.54) is 7.11 Å². The third-order valence-corrected chi connectivity index (χ3v) is 7.26. The summed E-state index contributed by atoms with van der Waals surface area (Å²) in [6.07, 6.45) is 2.43. The van der Waals surface area contributed by atoms with Gasteiger partial charge in [-0.3, -0.25) is 4.55 Å². The Morgan fingerprint density at radius 1 is 1.00 bits per heavy atom. The minimum absolute atomic E-state index is 0.0156. The van der Waals surface area contributed by atoms with Crippen molar-refractivity contribution in [2.75, 3.05) is 7.11 Å². The molecule has 1 aromatic carbocycles. The van der Waals surface area contributed by atoms with E-state index in [1.807, 2.05) is 6.92 Å². The SMILES string of the molecule is CCc1c(OC)c(S(=O)(=O)O)c(O)c(C)c1C(C(C)(C)CC(C)C)C(C)(C)CC(C)(C)C. The average Bonchev–Trinajstić information content (AvgIpc) is 2.53. The fraction of sp³-hybridized carbons (Fsp3) is 0.769. The molecule has 186 valence electrons. The normalized spacial score (nSPS) is 14.7. The summed E-state index contributed by atoms with van der Waals surface area (Å²) < 4.78 is 39.8. The molecule has 0 heterocycles. The van der Waals surface area contributed by atoms with Crippen LogP contribution in [0.4, 0.5) is 0 Å². The summed E-state index contributed by atoms with van der Waals surface area (Å²) in [7, 11) is -3.28. The summed E-state index contributed by atoms with van der Waals surface area (Å²) >= 11 is 0. The van der Waals surface area contributed by atoms with Crippen LogP contribution in [0.3, 0.4) is 0 Å². The van der Waals surface area contributed by atoms with Crippen LogP contribution in [0.5, 0.6) is 11.5 Å². The van der Waals surface area contributed by atoms with Crippen molar-refractivity contribution in [2.24, 2.45) is 22.2 Å². The minimum atomic E-state index is -4.67. The topological polar surface area (TPSA) is 83.8 Å². The number of ether oxygens (including phenoxy) is 1. The zero-order valence-electron chi connectivity index (χ0n) is 22.3. The number of hydrogen-bond donors (Lipinski definition) is 2. The van der Waals surface area contributed by atoms with E-state index in [4.69, 9.17) is 4.74 Å².